The highest BCUT2D eigenvalue weighted by molar-refractivity contribution is 7.89. The number of piperidine rings is 1. The zero-order chi connectivity index (χ0) is 24.5. The maximum absolute atomic E-state index is 13.2. The summed E-state index contributed by atoms with van der Waals surface area (Å²) in [7, 11) is -3.60. The van der Waals surface area contributed by atoms with Crippen LogP contribution in [0.5, 0.6) is 0 Å². The van der Waals surface area contributed by atoms with Gasteiger partial charge in [-0.2, -0.15) is 9.30 Å². The van der Waals surface area contributed by atoms with Crippen molar-refractivity contribution in [1.82, 2.24) is 8.87 Å². The summed E-state index contributed by atoms with van der Waals surface area (Å²) < 4.78 is 30.9. The maximum Gasteiger partial charge on any atom is 0.279 e. The second kappa shape index (κ2) is 9.87. The molecule has 1 atom stereocenters. The molecule has 3 aromatic rings. The van der Waals surface area contributed by atoms with Crippen LogP contribution in [0.4, 0.5) is 0 Å². The van der Waals surface area contributed by atoms with Crippen LogP contribution in [-0.4, -0.2) is 35.8 Å². The smallest absolute Gasteiger partial charge is 0.279 e. The Morgan fingerprint density at radius 2 is 1.94 bits per heavy atom. The van der Waals surface area contributed by atoms with E-state index in [1.54, 1.807) is 4.31 Å². The second-order valence-corrected chi connectivity index (χ2v) is 11.6. The molecule has 8 heteroatoms. The van der Waals surface area contributed by atoms with E-state index >= 15 is 0 Å². The predicted molar refractivity (Wildman–Crippen MR) is 136 cm³/mol. The van der Waals surface area contributed by atoms with E-state index in [0.29, 0.717) is 23.5 Å². The molecule has 34 heavy (non-hydrogen) atoms. The average Bonchev–Trinajstić information content (AvgIpc) is 3.16. The Hall–Kier alpha value is -2.73. The van der Waals surface area contributed by atoms with E-state index in [1.807, 2.05) is 31.4 Å². The van der Waals surface area contributed by atoms with Gasteiger partial charge in [-0.3, -0.25) is 4.79 Å². The molecule has 1 unspecified atom stereocenters. The van der Waals surface area contributed by atoms with E-state index in [4.69, 9.17) is 6.42 Å². The van der Waals surface area contributed by atoms with Gasteiger partial charge in [0.2, 0.25) is 10.0 Å². The first kappa shape index (κ1) is 24.4. The van der Waals surface area contributed by atoms with Gasteiger partial charge in [0, 0.05) is 18.2 Å². The zero-order valence-electron chi connectivity index (χ0n) is 19.7. The number of aryl methyl sites for hydroxylation is 2. The molecule has 1 amide bonds. The summed E-state index contributed by atoms with van der Waals surface area (Å²) in [5.74, 6) is 2.21. The monoisotopic (exact) mass is 495 g/mol. The molecule has 0 radical (unpaired) electrons. The molecular weight excluding hydrogens is 466 g/mol. The zero-order valence-corrected chi connectivity index (χ0v) is 21.4. The van der Waals surface area contributed by atoms with Gasteiger partial charge in [-0.1, -0.05) is 36.7 Å². The number of nitrogens with zero attached hydrogens (tertiary/aromatic N) is 3. The molecule has 0 bridgehead atoms. The fourth-order valence-corrected chi connectivity index (χ4v) is 7.44. The van der Waals surface area contributed by atoms with Crippen molar-refractivity contribution in [2.24, 2.45) is 4.99 Å². The van der Waals surface area contributed by atoms with Crippen molar-refractivity contribution in [3.05, 3.63) is 57.9 Å². The van der Waals surface area contributed by atoms with Crippen molar-refractivity contribution in [2.45, 2.75) is 63.9 Å². The highest BCUT2D eigenvalue weighted by Crippen LogP contribution is 2.27. The standard InChI is InChI=1S/C26H29N3O3S2/c1-5-14-28-23-17-18(3)16-19(4)24(23)33-26(28)27-25(30)20-10-12-22(13-11-20)34(31,32)29-15-8-7-9-21(29)6-2/h1,10-13,16-17,21H,6-9,14-15H2,2-4H3. The van der Waals surface area contributed by atoms with Gasteiger partial charge in [0.15, 0.2) is 4.80 Å². The Labute approximate surface area is 205 Å². The number of aromatic nitrogens is 1. The number of hydrogen-bond donors (Lipinski definition) is 0. The second-order valence-electron chi connectivity index (χ2n) is 8.72. The van der Waals surface area contributed by atoms with Crippen LogP contribution < -0.4 is 4.80 Å². The van der Waals surface area contributed by atoms with Crippen molar-refractivity contribution in [3.8, 4) is 12.3 Å². The molecule has 2 heterocycles. The third kappa shape index (κ3) is 4.61. The fraction of sp³-hybridized carbons (Fsp3) is 0.385. The van der Waals surface area contributed by atoms with Gasteiger partial charge in [-0.05, 0) is 74.6 Å². The lowest BCUT2D eigenvalue weighted by molar-refractivity contribution is 0.0997. The number of hydrogen-bond acceptors (Lipinski definition) is 4. The topological polar surface area (TPSA) is 71.7 Å². The molecule has 0 N–H and O–H groups in total. The van der Waals surface area contributed by atoms with Gasteiger partial charge < -0.3 is 4.57 Å². The van der Waals surface area contributed by atoms with Crippen LogP contribution in [0.1, 0.15) is 54.1 Å². The summed E-state index contributed by atoms with van der Waals surface area (Å²) in [6, 6.07) is 10.3. The quantitative estimate of drug-likeness (QED) is 0.484. The Kier molecular flexibility index (Phi) is 7.08. The minimum atomic E-state index is -3.60. The van der Waals surface area contributed by atoms with E-state index in [-0.39, 0.29) is 10.9 Å². The number of fused-ring (bicyclic) bond motifs is 1. The first-order valence-corrected chi connectivity index (χ1v) is 13.8. The maximum atomic E-state index is 13.2. The van der Waals surface area contributed by atoms with Gasteiger partial charge in [0.1, 0.15) is 0 Å². The molecule has 178 valence electrons. The van der Waals surface area contributed by atoms with Crippen LogP contribution in [0.2, 0.25) is 0 Å². The van der Waals surface area contributed by atoms with Gasteiger partial charge in [-0.15, -0.1) is 6.42 Å². The normalized spacial score (nSPS) is 17.7. The highest BCUT2D eigenvalue weighted by atomic mass is 32.2. The molecule has 1 saturated heterocycles. The SMILES string of the molecule is C#CCn1c(=NC(=O)c2ccc(S(=O)(=O)N3CCCCC3CC)cc2)sc2c(C)cc(C)cc21. The van der Waals surface area contributed by atoms with Crippen molar-refractivity contribution >= 4 is 37.5 Å². The van der Waals surface area contributed by atoms with E-state index in [1.165, 1.54) is 35.6 Å². The molecule has 0 aliphatic carbocycles. The summed E-state index contributed by atoms with van der Waals surface area (Å²) in [5.41, 5.74) is 3.52. The van der Waals surface area contributed by atoms with Crippen LogP contribution in [0, 0.1) is 26.2 Å². The third-order valence-corrected chi connectivity index (χ3v) is 9.51. The van der Waals surface area contributed by atoms with Crippen molar-refractivity contribution in [2.75, 3.05) is 6.54 Å². The molecule has 1 aliphatic heterocycles. The van der Waals surface area contributed by atoms with Crippen molar-refractivity contribution in [3.63, 3.8) is 0 Å². The van der Waals surface area contributed by atoms with Gasteiger partial charge in [-0.25, -0.2) is 8.42 Å². The van der Waals surface area contributed by atoms with Crippen LogP contribution in [0.3, 0.4) is 0 Å². The summed E-state index contributed by atoms with van der Waals surface area (Å²) in [4.78, 5) is 18.1. The third-order valence-electron chi connectivity index (χ3n) is 6.31. The fourth-order valence-electron chi connectivity index (χ4n) is 4.60. The van der Waals surface area contributed by atoms with E-state index < -0.39 is 15.9 Å². The molecule has 6 nitrogen and oxygen atoms in total. The number of sulfonamides is 1. The van der Waals surface area contributed by atoms with Crippen LogP contribution in [0.15, 0.2) is 46.3 Å². The van der Waals surface area contributed by atoms with Crippen molar-refractivity contribution < 1.29 is 13.2 Å². The van der Waals surface area contributed by atoms with Crippen LogP contribution >= 0.6 is 11.3 Å². The first-order valence-electron chi connectivity index (χ1n) is 11.5. The summed E-state index contributed by atoms with van der Waals surface area (Å²) in [5, 5.41) is 0. The molecule has 1 aromatic heterocycles. The number of carbonyl (C=O) groups is 1. The largest absolute Gasteiger partial charge is 0.305 e. The Bertz CT molecular complexity index is 1440. The average molecular weight is 496 g/mol. The molecule has 0 saturated carbocycles. The van der Waals surface area contributed by atoms with E-state index in [9.17, 15) is 13.2 Å². The number of thiazole rings is 1. The Morgan fingerprint density at radius 1 is 1.21 bits per heavy atom. The van der Waals surface area contributed by atoms with E-state index in [0.717, 1.165) is 47.0 Å². The number of amides is 1. The summed E-state index contributed by atoms with van der Waals surface area (Å²) >= 11 is 1.43. The summed E-state index contributed by atoms with van der Waals surface area (Å²) in [6.45, 7) is 6.92. The number of rotatable bonds is 5. The number of benzene rings is 2. The first-order chi connectivity index (χ1) is 16.3. The van der Waals surface area contributed by atoms with Gasteiger partial charge >= 0.3 is 0 Å². The molecule has 1 fully saturated rings. The van der Waals surface area contributed by atoms with Gasteiger partial charge in [0.05, 0.1) is 21.7 Å². The molecule has 2 aromatic carbocycles. The van der Waals surface area contributed by atoms with Gasteiger partial charge in [0.25, 0.3) is 5.91 Å². The minimum Gasteiger partial charge on any atom is -0.305 e. The lowest BCUT2D eigenvalue weighted by Crippen LogP contribution is -2.43. The van der Waals surface area contributed by atoms with Crippen molar-refractivity contribution in [1.29, 1.82) is 0 Å². The van der Waals surface area contributed by atoms with E-state index in [2.05, 4.69) is 17.0 Å². The lowest BCUT2D eigenvalue weighted by Gasteiger charge is -2.34. The molecular formula is C26H29N3O3S2. The minimum absolute atomic E-state index is 0.0294. The molecule has 4 rings (SSSR count). The van der Waals surface area contributed by atoms with Crippen LogP contribution in [0.25, 0.3) is 10.2 Å². The Balaban J connectivity index is 1.68. The summed E-state index contributed by atoms with van der Waals surface area (Å²) in [6.07, 6.45) is 9.18. The molecule has 1 aliphatic rings. The predicted octanol–water partition coefficient (Wildman–Crippen LogP) is 4.65. The highest BCUT2D eigenvalue weighted by Gasteiger charge is 2.32. The van der Waals surface area contributed by atoms with Crippen LogP contribution in [-0.2, 0) is 16.6 Å². The number of terminal acetylenes is 1. The molecule has 0 spiro atoms. The Morgan fingerprint density at radius 3 is 2.62 bits per heavy atom. The number of carbonyl (C=O) groups excluding carboxylic acids is 1. The lowest BCUT2D eigenvalue weighted by atomic mass is 10.0.